The third-order valence-electron chi connectivity index (χ3n) is 3.00. The summed E-state index contributed by atoms with van der Waals surface area (Å²) in [5, 5.41) is 18.8. The molecule has 21 heavy (non-hydrogen) atoms. The predicted molar refractivity (Wildman–Crippen MR) is 86.5 cm³/mol. The molecule has 2 rings (SSSR count). The number of hydrogen-bond acceptors (Lipinski definition) is 4. The summed E-state index contributed by atoms with van der Waals surface area (Å²) in [5.74, 6) is 1.85. The van der Waals surface area contributed by atoms with E-state index in [1.54, 1.807) is 17.7 Å². The number of hydrogen-bond donors (Lipinski definition) is 2. The second kappa shape index (κ2) is 8.41. The van der Waals surface area contributed by atoms with Gasteiger partial charge >= 0.3 is 0 Å². The van der Waals surface area contributed by atoms with E-state index in [9.17, 15) is 0 Å². The van der Waals surface area contributed by atoms with E-state index in [1.807, 2.05) is 0 Å². The molecule has 0 aromatic carbocycles. The minimum atomic E-state index is 0.700. The van der Waals surface area contributed by atoms with Crippen molar-refractivity contribution in [2.24, 2.45) is 4.99 Å². The summed E-state index contributed by atoms with van der Waals surface area (Å²) in [7, 11) is 0. The molecule has 0 unspecified atom stereocenters. The van der Waals surface area contributed by atoms with E-state index in [0.717, 1.165) is 37.8 Å². The van der Waals surface area contributed by atoms with E-state index in [1.165, 1.54) is 5.56 Å². The first kappa shape index (κ1) is 15.5. The molecule has 0 spiro atoms. The molecule has 0 saturated heterocycles. The van der Waals surface area contributed by atoms with Gasteiger partial charge in [-0.1, -0.05) is 6.92 Å². The van der Waals surface area contributed by atoms with E-state index in [2.05, 4.69) is 61.1 Å². The predicted octanol–water partition coefficient (Wildman–Crippen LogP) is 1.66. The quantitative estimate of drug-likeness (QED) is 0.603. The van der Waals surface area contributed by atoms with Crippen LogP contribution in [0.5, 0.6) is 0 Å². The SMILES string of the molecule is CCNC(=NCc1ccsc1)NCCn1cnnc1CC. The third-order valence-corrected chi connectivity index (χ3v) is 3.73. The summed E-state index contributed by atoms with van der Waals surface area (Å²) in [4.78, 5) is 4.58. The summed E-state index contributed by atoms with van der Waals surface area (Å²) in [6.45, 7) is 7.32. The molecule has 2 aromatic rings. The number of nitrogens with zero attached hydrogens (tertiary/aromatic N) is 4. The Morgan fingerprint density at radius 3 is 3.00 bits per heavy atom. The Hall–Kier alpha value is -1.89. The monoisotopic (exact) mass is 306 g/mol. The van der Waals surface area contributed by atoms with Crippen LogP contribution in [-0.4, -0.2) is 33.8 Å². The lowest BCUT2D eigenvalue weighted by atomic mass is 10.3. The lowest BCUT2D eigenvalue weighted by molar-refractivity contribution is 0.632. The van der Waals surface area contributed by atoms with E-state index < -0.39 is 0 Å². The summed E-state index contributed by atoms with van der Waals surface area (Å²) in [5.41, 5.74) is 1.24. The fraction of sp³-hybridized carbons (Fsp3) is 0.500. The molecule has 2 N–H and O–H groups in total. The van der Waals surface area contributed by atoms with Gasteiger partial charge in [0, 0.05) is 26.1 Å². The zero-order valence-electron chi connectivity index (χ0n) is 12.5. The van der Waals surface area contributed by atoms with Crippen LogP contribution in [-0.2, 0) is 19.5 Å². The zero-order valence-corrected chi connectivity index (χ0v) is 13.4. The van der Waals surface area contributed by atoms with Crippen LogP contribution in [0.3, 0.4) is 0 Å². The number of aryl methyl sites for hydroxylation is 1. The van der Waals surface area contributed by atoms with Gasteiger partial charge < -0.3 is 15.2 Å². The highest BCUT2D eigenvalue weighted by Crippen LogP contribution is 2.06. The molecule has 114 valence electrons. The molecular formula is C14H22N6S. The topological polar surface area (TPSA) is 67.1 Å². The molecular weight excluding hydrogens is 284 g/mol. The van der Waals surface area contributed by atoms with Crippen LogP contribution in [0.25, 0.3) is 0 Å². The van der Waals surface area contributed by atoms with Crippen molar-refractivity contribution in [1.82, 2.24) is 25.4 Å². The molecule has 0 amide bonds. The average molecular weight is 306 g/mol. The highest BCUT2D eigenvalue weighted by molar-refractivity contribution is 7.07. The van der Waals surface area contributed by atoms with Crippen molar-refractivity contribution >= 4 is 17.3 Å². The minimum Gasteiger partial charge on any atom is -0.357 e. The van der Waals surface area contributed by atoms with Crippen molar-refractivity contribution in [2.75, 3.05) is 13.1 Å². The lowest BCUT2D eigenvalue weighted by Crippen LogP contribution is -2.38. The van der Waals surface area contributed by atoms with Gasteiger partial charge in [-0.05, 0) is 29.3 Å². The number of aliphatic imine (C=N–C) groups is 1. The van der Waals surface area contributed by atoms with Gasteiger partial charge in [0.2, 0.25) is 0 Å². The van der Waals surface area contributed by atoms with Crippen molar-refractivity contribution in [3.05, 3.63) is 34.5 Å². The maximum atomic E-state index is 4.58. The Labute approximate surface area is 129 Å². The van der Waals surface area contributed by atoms with Crippen molar-refractivity contribution in [3.8, 4) is 0 Å². The van der Waals surface area contributed by atoms with Crippen LogP contribution in [0, 0.1) is 0 Å². The summed E-state index contributed by atoms with van der Waals surface area (Å²) in [6.07, 6.45) is 2.67. The zero-order chi connectivity index (χ0) is 14.9. The molecule has 0 fully saturated rings. The molecule has 2 heterocycles. The lowest BCUT2D eigenvalue weighted by Gasteiger charge is -2.12. The Bertz CT molecular complexity index is 546. The fourth-order valence-electron chi connectivity index (χ4n) is 1.93. The minimum absolute atomic E-state index is 0.700. The number of aromatic nitrogens is 3. The Morgan fingerprint density at radius 2 is 2.29 bits per heavy atom. The molecule has 0 atom stereocenters. The van der Waals surface area contributed by atoms with Gasteiger partial charge in [-0.25, -0.2) is 4.99 Å². The average Bonchev–Trinajstić information content (AvgIpc) is 3.16. The number of rotatable bonds is 7. The van der Waals surface area contributed by atoms with Crippen molar-refractivity contribution in [2.45, 2.75) is 33.4 Å². The van der Waals surface area contributed by atoms with Crippen LogP contribution in [0.1, 0.15) is 25.2 Å². The van der Waals surface area contributed by atoms with Gasteiger partial charge in [0.05, 0.1) is 6.54 Å². The van der Waals surface area contributed by atoms with Gasteiger partial charge in [0.15, 0.2) is 5.96 Å². The number of thiophene rings is 1. The molecule has 7 heteroatoms. The van der Waals surface area contributed by atoms with Crippen molar-refractivity contribution in [3.63, 3.8) is 0 Å². The van der Waals surface area contributed by atoms with Crippen LogP contribution < -0.4 is 10.6 Å². The molecule has 0 radical (unpaired) electrons. The van der Waals surface area contributed by atoms with Crippen molar-refractivity contribution in [1.29, 1.82) is 0 Å². The van der Waals surface area contributed by atoms with Gasteiger partial charge in [0.1, 0.15) is 12.2 Å². The summed E-state index contributed by atoms with van der Waals surface area (Å²) < 4.78 is 2.06. The second-order valence-electron chi connectivity index (χ2n) is 4.55. The van der Waals surface area contributed by atoms with E-state index >= 15 is 0 Å². The highest BCUT2D eigenvalue weighted by atomic mass is 32.1. The third kappa shape index (κ3) is 4.86. The number of nitrogens with one attached hydrogen (secondary N) is 2. The van der Waals surface area contributed by atoms with Gasteiger partial charge in [-0.3, -0.25) is 0 Å². The van der Waals surface area contributed by atoms with Crippen LogP contribution >= 0.6 is 11.3 Å². The second-order valence-corrected chi connectivity index (χ2v) is 5.33. The molecule has 0 aliphatic heterocycles. The largest absolute Gasteiger partial charge is 0.357 e. The van der Waals surface area contributed by atoms with Crippen LogP contribution in [0.15, 0.2) is 28.1 Å². The van der Waals surface area contributed by atoms with Gasteiger partial charge in [0.25, 0.3) is 0 Å². The first-order valence-corrected chi connectivity index (χ1v) is 8.17. The van der Waals surface area contributed by atoms with Crippen molar-refractivity contribution < 1.29 is 0 Å². The molecule has 0 bridgehead atoms. The molecule has 2 aromatic heterocycles. The maximum Gasteiger partial charge on any atom is 0.191 e. The molecule has 0 aliphatic rings. The Balaban J connectivity index is 1.83. The standard InChI is InChI=1S/C14H22N6S/c1-3-13-19-18-11-20(13)7-6-16-14(15-4-2)17-9-12-5-8-21-10-12/h5,8,10-11H,3-4,6-7,9H2,1-2H3,(H2,15,16,17). The summed E-state index contributed by atoms with van der Waals surface area (Å²) in [6, 6.07) is 2.10. The molecule has 0 saturated carbocycles. The van der Waals surface area contributed by atoms with E-state index in [4.69, 9.17) is 0 Å². The Morgan fingerprint density at radius 1 is 1.38 bits per heavy atom. The number of guanidine groups is 1. The first-order valence-electron chi connectivity index (χ1n) is 7.23. The fourth-order valence-corrected chi connectivity index (χ4v) is 2.59. The van der Waals surface area contributed by atoms with Crippen LogP contribution in [0.2, 0.25) is 0 Å². The van der Waals surface area contributed by atoms with Crippen LogP contribution in [0.4, 0.5) is 0 Å². The highest BCUT2D eigenvalue weighted by Gasteiger charge is 2.02. The maximum absolute atomic E-state index is 4.58. The summed E-state index contributed by atoms with van der Waals surface area (Å²) >= 11 is 1.70. The van der Waals surface area contributed by atoms with Gasteiger partial charge in [-0.2, -0.15) is 11.3 Å². The van der Waals surface area contributed by atoms with Gasteiger partial charge in [-0.15, -0.1) is 10.2 Å². The normalized spacial score (nSPS) is 11.6. The first-order chi connectivity index (χ1) is 10.3. The molecule has 0 aliphatic carbocycles. The Kier molecular flexibility index (Phi) is 6.21. The smallest absolute Gasteiger partial charge is 0.191 e. The van der Waals surface area contributed by atoms with E-state index in [0.29, 0.717) is 6.54 Å². The van der Waals surface area contributed by atoms with E-state index in [-0.39, 0.29) is 0 Å². The molecule has 6 nitrogen and oxygen atoms in total.